The molecule has 0 bridgehead atoms. The normalized spacial score (nSPS) is 22.6. The molecule has 0 fully saturated rings. The van der Waals surface area contributed by atoms with Gasteiger partial charge >= 0.3 is 5.97 Å². The summed E-state index contributed by atoms with van der Waals surface area (Å²) in [6.07, 6.45) is -0.690. The number of rotatable bonds is 1. The smallest absolute Gasteiger partial charge is 0.348 e. The van der Waals surface area contributed by atoms with Gasteiger partial charge < -0.3 is 10.1 Å². The second-order valence-electron chi connectivity index (χ2n) is 2.15. The zero-order chi connectivity index (χ0) is 9.30. The van der Waals surface area contributed by atoms with Crippen molar-refractivity contribution in [2.75, 3.05) is 0 Å². The third-order valence-electron chi connectivity index (χ3n) is 1.18. The molecule has 1 aliphatic heterocycles. The van der Waals surface area contributed by atoms with Gasteiger partial charge in [0.1, 0.15) is 4.48 Å². The van der Waals surface area contributed by atoms with E-state index in [0.29, 0.717) is 8.96 Å². The largest absolute Gasteiger partial charge is 0.433 e. The van der Waals surface area contributed by atoms with Gasteiger partial charge in [0, 0.05) is 6.92 Å². The van der Waals surface area contributed by atoms with E-state index in [4.69, 9.17) is 4.74 Å². The number of hydrogen-bond acceptors (Lipinski definition) is 3. The van der Waals surface area contributed by atoms with Crippen LogP contribution in [0.4, 0.5) is 0 Å². The van der Waals surface area contributed by atoms with Crippen LogP contribution in [0.1, 0.15) is 6.92 Å². The molecule has 0 saturated heterocycles. The molecule has 0 radical (unpaired) electrons. The topological polar surface area (TPSA) is 55.4 Å². The van der Waals surface area contributed by atoms with E-state index in [1.54, 1.807) is 0 Å². The molecule has 0 aromatic heterocycles. The summed E-state index contributed by atoms with van der Waals surface area (Å²) in [5.74, 6) is -0.743. The Labute approximate surface area is 85.6 Å². The average molecular weight is 299 g/mol. The molecular formula is C6H5Br2NO3. The van der Waals surface area contributed by atoms with E-state index >= 15 is 0 Å². The highest BCUT2D eigenvalue weighted by Gasteiger charge is 2.31. The van der Waals surface area contributed by atoms with Gasteiger partial charge in [0.25, 0.3) is 0 Å². The summed E-state index contributed by atoms with van der Waals surface area (Å²) >= 11 is 6.12. The molecular weight excluding hydrogens is 294 g/mol. The molecule has 1 aliphatic rings. The maximum absolute atomic E-state index is 10.9. The van der Waals surface area contributed by atoms with E-state index in [1.807, 2.05) is 0 Å². The second kappa shape index (κ2) is 3.57. The minimum atomic E-state index is -0.690. The van der Waals surface area contributed by atoms with Crippen molar-refractivity contribution in [1.29, 1.82) is 0 Å². The van der Waals surface area contributed by atoms with Crippen LogP contribution in [0.2, 0.25) is 0 Å². The molecule has 0 aliphatic carbocycles. The van der Waals surface area contributed by atoms with E-state index in [2.05, 4.69) is 37.2 Å². The molecule has 4 nitrogen and oxygen atoms in total. The molecule has 12 heavy (non-hydrogen) atoms. The summed E-state index contributed by atoms with van der Waals surface area (Å²) < 4.78 is 5.57. The third kappa shape index (κ3) is 1.87. The number of cyclic esters (lactones) is 1. The molecule has 0 aromatic carbocycles. The van der Waals surface area contributed by atoms with Crippen molar-refractivity contribution in [3.63, 3.8) is 0 Å². The summed E-state index contributed by atoms with van der Waals surface area (Å²) in [5.41, 5.74) is 0. The Hall–Kier alpha value is -0.360. The van der Waals surface area contributed by atoms with Gasteiger partial charge in [0.2, 0.25) is 12.1 Å². The first-order chi connectivity index (χ1) is 5.52. The molecule has 0 saturated carbocycles. The number of halogens is 2. The van der Waals surface area contributed by atoms with Gasteiger partial charge in [0.05, 0.1) is 4.48 Å². The van der Waals surface area contributed by atoms with Gasteiger partial charge in [-0.1, -0.05) is 0 Å². The lowest BCUT2D eigenvalue weighted by Gasteiger charge is -2.09. The molecule has 0 spiro atoms. The SMILES string of the molecule is CC(=O)NC1OC(=O)C(Br)=C1Br. The van der Waals surface area contributed by atoms with Gasteiger partial charge in [-0.3, -0.25) is 4.79 Å². The Balaban J connectivity index is 2.73. The monoisotopic (exact) mass is 297 g/mol. The van der Waals surface area contributed by atoms with Crippen LogP contribution in [0.15, 0.2) is 8.96 Å². The Morgan fingerprint density at radius 2 is 2.17 bits per heavy atom. The van der Waals surface area contributed by atoms with Gasteiger partial charge in [0.15, 0.2) is 0 Å². The van der Waals surface area contributed by atoms with Gasteiger partial charge in [-0.25, -0.2) is 4.79 Å². The summed E-state index contributed by atoms with van der Waals surface area (Å²) in [6.45, 7) is 1.35. The number of esters is 1. The van der Waals surface area contributed by atoms with Crippen molar-refractivity contribution < 1.29 is 14.3 Å². The first-order valence-corrected chi connectivity index (χ1v) is 4.64. The Morgan fingerprint density at radius 3 is 2.50 bits per heavy atom. The van der Waals surface area contributed by atoms with Crippen molar-refractivity contribution in [1.82, 2.24) is 5.32 Å². The van der Waals surface area contributed by atoms with Crippen molar-refractivity contribution in [2.45, 2.75) is 13.2 Å². The van der Waals surface area contributed by atoms with E-state index in [-0.39, 0.29) is 5.91 Å². The van der Waals surface area contributed by atoms with Crippen LogP contribution < -0.4 is 5.32 Å². The number of nitrogens with one attached hydrogen (secondary N) is 1. The number of ether oxygens (including phenoxy) is 1. The van der Waals surface area contributed by atoms with Crippen LogP contribution in [-0.4, -0.2) is 18.1 Å². The Kier molecular flexibility index (Phi) is 2.89. The highest BCUT2D eigenvalue weighted by Crippen LogP contribution is 2.29. The molecule has 1 atom stereocenters. The highest BCUT2D eigenvalue weighted by atomic mass is 79.9. The Bertz CT molecular complexity index is 274. The molecule has 6 heteroatoms. The van der Waals surface area contributed by atoms with Crippen molar-refractivity contribution in [2.24, 2.45) is 0 Å². The fraction of sp³-hybridized carbons (Fsp3) is 0.333. The van der Waals surface area contributed by atoms with Crippen molar-refractivity contribution in [3.05, 3.63) is 8.96 Å². The quantitative estimate of drug-likeness (QED) is 0.735. The number of carbonyl (C=O) groups is 2. The summed E-state index contributed by atoms with van der Waals surface area (Å²) in [5, 5.41) is 2.44. The summed E-state index contributed by atoms with van der Waals surface area (Å²) in [6, 6.07) is 0. The number of amides is 1. The Morgan fingerprint density at radius 1 is 1.58 bits per heavy atom. The minimum Gasteiger partial charge on any atom is -0.433 e. The average Bonchev–Trinajstić information content (AvgIpc) is 2.17. The van der Waals surface area contributed by atoms with E-state index in [9.17, 15) is 9.59 Å². The first-order valence-electron chi connectivity index (χ1n) is 3.05. The zero-order valence-corrected chi connectivity index (χ0v) is 9.23. The maximum atomic E-state index is 10.9. The number of hydrogen-bond donors (Lipinski definition) is 1. The van der Waals surface area contributed by atoms with Crippen LogP contribution in [0.3, 0.4) is 0 Å². The fourth-order valence-electron chi connectivity index (χ4n) is 0.701. The zero-order valence-electron chi connectivity index (χ0n) is 6.06. The molecule has 66 valence electrons. The van der Waals surface area contributed by atoms with Gasteiger partial charge in [-0.05, 0) is 31.9 Å². The number of carbonyl (C=O) groups excluding carboxylic acids is 2. The van der Waals surface area contributed by atoms with E-state index in [1.165, 1.54) is 6.92 Å². The van der Waals surface area contributed by atoms with Crippen LogP contribution in [-0.2, 0) is 14.3 Å². The van der Waals surface area contributed by atoms with Gasteiger partial charge in [-0.15, -0.1) is 0 Å². The molecule has 1 rings (SSSR count). The first kappa shape index (κ1) is 9.73. The molecule has 1 unspecified atom stereocenters. The molecule has 0 aromatic rings. The van der Waals surface area contributed by atoms with E-state index in [0.717, 1.165) is 0 Å². The van der Waals surface area contributed by atoms with Crippen LogP contribution in [0.25, 0.3) is 0 Å². The summed E-state index contributed by atoms with van der Waals surface area (Å²) in [4.78, 5) is 21.5. The second-order valence-corrected chi connectivity index (χ2v) is 3.80. The third-order valence-corrected chi connectivity index (χ3v) is 3.27. The van der Waals surface area contributed by atoms with Crippen LogP contribution in [0, 0.1) is 0 Å². The maximum Gasteiger partial charge on any atom is 0.348 e. The molecule has 1 heterocycles. The minimum absolute atomic E-state index is 0.257. The predicted molar refractivity (Wildman–Crippen MR) is 48.6 cm³/mol. The van der Waals surface area contributed by atoms with Crippen LogP contribution in [0.5, 0.6) is 0 Å². The fourth-order valence-corrected chi connectivity index (χ4v) is 1.37. The lowest BCUT2D eigenvalue weighted by Crippen LogP contribution is -2.33. The summed E-state index contributed by atoms with van der Waals surface area (Å²) in [7, 11) is 0. The molecule has 1 amide bonds. The van der Waals surface area contributed by atoms with Crippen molar-refractivity contribution >= 4 is 43.7 Å². The highest BCUT2D eigenvalue weighted by molar-refractivity contribution is 9.14. The lowest BCUT2D eigenvalue weighted by molar-refractivity contribution is -0.141. The standard InChI is InChI=1S/C6H5Br2NO3/c1-2(10)9-5-3(7)4(8)6(11)12-5/h5H,1H3,(H,9,10). The lowest BCUT2D eigenvalue weighted by atomic mass is 10.5. The van der Waals surface area contributed by atoms with Gasteiger partial charge in [-0.2, -0.15) is 0 Å². The van der Waals surface area contributed by atoms with E-state index < -0.39 is 12.2 Å². The van der Waals surface area contributed by atoms with Crippen molar-refractivity contribution in [3.8, 4) is 0 Å². The van der Waals surface area contributed by atoms with Crippen LogP contribution >= 0.6 is 31.9 Å². The molecule has 1 N–H and O–H groups in total. The predicted octanol–water partition coefficient (Wildman–Crippen LogP) is 1.01.